The summed E-state index contributed by atoms with van der Waals surface area (Å²) in [5.74, 6) is 0.484. The molecule has 2 aromatic heterocycles. The Labute approximate surface area is 171 Å². The van der Waals surface area contributed by atoms with Crippen LogP contribution in [-0.2, 0) is 13.5 Å². The van der Waals surface area contributed by atoms with Crippen LogP contribution in [0.3, 0.4) is 0 Å². The lowest BCUT2D eigenvalue weighted by Crippen LogP contribution is -2.20. The van der Waals surface area contributed by atoms with E-state index in [1.165, 1.54) is 23.1 Å². The van der Waals surface area contributed by atoms with E-state index >= 15 is 0 Å². The lowest BCUT2D eigenvalue weighted by molar-refractivity contribution is 0.200. The number of thioether (sulfide) groups is 1. The molecule has 4 nitrogen and oxygen atoms in total. The van der Waals surface area contributed by atoms with Crippen molar-refractivity contribution in [3.63, 3.8) is 0 Å². The van der Waals surface area contributed by atoms with Gasteiger partial charge in [0.15, 0.2) is 5.16 Å². The molecule has 4 rings (SSSR count). The molecule has 0 fully saturated rings. The highest BCUT2D eigenvalue weighted by Gasteiger charge is 2.15. The van der Waals surface area contributed by atoms with Crippen molar-refractivity contribution in [3.05, 3.63) is 82.6 Å². The second-order valence-electron chi connectivity index (χ2n) is 6.61. The van der Waals surface area contributed by atoms with Gasteiger partial charge < -0.3 is 5.11 Å². The van der Waals surface area contributed by atoms with Crippen LogP contribution in [0.4, 0.5) is 0 Å². The molecule has 0 saturated carbocycles. The minimum absolute atomic E-state index is 0.0523. The van der Waals surface area contributed by atoms with Crippen LogP contribution in [0.15, 0.2) is 76.7 Å². The molecule has 6 heteroatoms. The minimum atomic E-state index is -0.497. The molecular weight excluding hydrogens is 388 g/mol. The molecule has 1 atom stereocenters. The van der Waals surface area contributed by atoms with E-state index in [-0.39, 0.29) is 5.56 Å². The van der Waals surface area contributed by atoms with E-state index in [1.54, 1.807) is 11.6 Å². The highest BCUT2D eigenvalue weighted by molar-refractivity contribution is 7.99. The van der Waals surface area contributed by atoms with Crippen LogP contribution in [0.2, 0.25) is 0 Å². The van der Waals surface area contributed by atoms with Gasteiger partial charge in [-0.15, -0.1) is 11.3 Å². The van der Waals surface area contributed by atoms with Crippen LogP contribution in [0.5, 0.6) is 0 Å². The van der Waals surface area contributed by atoms with Gasteiger partial charge in [-0.2, -0.15) is 0 Å². The first-order chi connectivity index (χ1) is 13.6. The molecule has 0 aliphatic rings. The zero-order valence-corrected chi connectivity index (χ0v) is 17.0. The molecule has 1 unspecified atom stereocenters. The van der Waals surface area contributed by atoms with Gasteiger partial charge in [0.05, 0.1) is 11.5 Å². The van der Waals surface area contributed by atoms with Gasteiger partial charge in [-0.1, -0.05) is 72.4 Å². The summed E-state index contributed by atoms with van der Waals surface area (Å²) in [4.78, 5) is 19.2. The topological polar surface area (TPSA) is 55.1 Å². The fraction of sp³-hybridized carbons (Fsp3) is 0.182. The molecule has 28 heavy (non-hydrogen) atoms. The van der Waals surface area contributed by atoms with E-state index < -0.39 is 6.10 Å². The number of hydrogen-bond donors (Lipinski definition) is 1. The van der Waals surface area contributed by atoms with Crippen molar-refractivity contribution in [2.75, 3.05) is 5.75 Å². The Morgan fingerprint density at radius 2 is 1.79 bits per heavy atom. The number of aliphatic hydroxyl groups is 1. The summed E-state index contributed by atoms with van der Waals surface area (Å²) in [6.07, 6.45) is 0.0875. The summed E-state index contributed by atoms with van der Waals surface area (Å²) >= 11 is 2.94. The molecular formula is C22H20N2O2S2. The van der Waals surface area contributed by atoms with Crippen LogP contribution >= 0.6 is 23.1 Å². The van der Waals surface area contributed by atoms with Crippen molar-refractivity contribution < 1.29 is 5.11 Å². The van der Waals surface area contributed by atoms with Crippen molar-refractivity contribution in [2.45, 2.75) is 17.7 Å². The molecule has 2 aromatic carbocycles. The standard InChI is InChI=1S/C22H20N2O2S2/c1-24-21(26)18-13-19(16-10-6-3-7-11-16)28-20(18)23-22(24)27-14-17(25)12-15-8-4-2-5-9-15/h2-11,13,17,25H,12,14H2,1H3. The number of nitrogens with zero attached hydrogens (tertiary/aromatic N) is 2. The van der Waals surface area contributed by atoms with Gasteiger partial charge in [0.2, 0.25) is 0 Å². The molecule has 142 valence electrons. The second kappa shape index (κ2) is 8.31. The molecule has 0 amide bonds. The van der Waals surface area contributed by atoms with Crippen LogP contribution in [0.1, 0.15) is 5.56 Å². The number of fused-ring (bicyclic) bond motifs is 1. The molecule has 0 aliphatic carbocycles. The first kappa shape index (κ1) is 18.9. The quantitative estimate of drug-likeness (QED) is 0.380. The third-order valence-electron chi connectivity index (χ3n) is 4.51. The number of thiophene rings is 1. The average Bonchev–Trinajstić information content (AvgIpc) is 3.15. The van der Waals surface area contributed by atoms with Gasteiger partial charge in [-0.3, -0.25) is 9.36 Å². The smallest absolute Gasteiger partial charge is 0.262 e. The van der Waals surface area contributed by atoms with E-state index in [0.29, 0.717) is 22.7 Å². The van der Waals surface area contributed by atoms with E-state index in [1.807, 2.05) is 66.7 Å². The zero-order valence-electron chi connectivity index (χ0n) is 15.4. The number of benzene rings is 2. The molecule has 1 N–H and O–H groups in total. The third-order valence-corrected chi connectivity index (χ3v) is 6.76. The van der Waals surface area contributed by atoms with Crippen molar-refractivity contribution >= 4 is 33.3 Å². The van der Waals surface area contributed by atoms with Crippen molar-refractivity contribution in [1.29, 1.82) is 0 Å². The predicted molar refractivity (Wildman–Crippen MR) is 117 cm³/mol. The van der Waals surface area contributed by atoms with Crippen LogP contribution < -0.4 is 5.56 Å². The van der Waals surface area contributed by atoms with Crippen LogP contribution in [0.25, 0.3) is 20.7 Å². The van der Waals surface area contributed by atoms with E-state index in [9.17, 15) is 9.90 Å². The number of aliphatic hydroxyl groups excluding tert-OH is 1. The minimum Gasteiger partial charge on any atom is -0.392 e. The van der Waals surface area contributed by atoms with Gasteiger partial charge >= 0.3 is 0 Å². The maximum absolute atomic E-state index is 12.8. The third kappa shape index (κ3) is 4.04. The summed E-state index contributed by atoms with van der Waals surface area (Å²) < 4.78 is 1.57. The second-order valence-corrected chi connectivity index (χ2v) is 8.63. The lowest BCUT2D eigenvalue weighted by Gasteiger charge is -2.11. The molecule has 0 aliphatic heterocycles. The van der Waals surface area contributed by atoms with Crippen molar-refractivity contribution in [3.8, 4) is 10.4 Å². The average molecular weight is 409 g/mol. The summed E-state index contributed by atoms with van der Waals surface area (Å²) in [5, 5.41) is 11.6. The molecule has 0 radical (unpaired) electrons. The Morgan fingerprint density at radius 1 is 1.11 bits per heavy atom. The zero-order chi connectivity index (χ0) is 19.5. The molecule has 0 saturated heterocycles. The molecule has 0 spiro atoms. The lowest BCUT2D eigenvalue weighted by atomic mass is 10.1. The van der Waals surface area contributed by atoms with Crippen LogP contribution in [-0.4, -0.2) is 26.5 Å². The van der Waals surface area contributed by atoms with Gasteiger partial charge in [-0.05, 0) is 23.6 Å². The van der Waals surface area contributed by atoms with Crippen molar-refractivity contribution in [2.24, 2.45) is 7.05 Å². The molecule has 4 aromatic rings. The largest absolute Gasteiger partial charge is 0.392 e. The van der Waals surface area contributed by atoms with Crippen molar-refractivity contribution in [1.82, 2.24) is 9.55 Å². The molecule has 0 bridgehead atoms. The summed E-state index contributed by atoms with van der Waals surface area (Å²) in [6.45, 7) is 0. The highest BCUT2D eigenvalue weighted by Crippen LogP contribution is 2.32. The first-order valence-electron chi connectivity index (χ1n) is 9.02. The summed E-state index contributed by atoms with van der Waals surface area (Å²) in [5.41, 5.74) is 2.13. The van der Waals surface area contributed by atoms with E-state index in [4.69, 9.17) is 4.98 Å². The van der Waals surface area contributed by atoms with E-state index in [2.05, 4.69) is 0 Å². The summed E-state index contributed by atoms with van der Waals surface area (Å²) in [7, 11) is 1.74. The fourth-order valence-corrected chi connectivity index (χ4v) is 5.01. The Morgan fingerprint density at radius 3 is 2.50 bits per heavy atom. The Balaban J connectivity index is 1.56. The van der Waals surface area contributed by atoms with Gasteiger partial charge in [0, 0.05) is 17.7 Å². The fourth-order valence-electron chi connectivity index (χ4n) is 3.04. The summed E-state index contributed by atoms with van der Waals surface area (Å²) in [6, 6.07) is 21.8. The van der Waals surface area contributed by atoms with Crippen LogP contribution in [0, 0.1) is 0 Å². The maximum atomic E-state index is 12.8. The molecule has 2 heterocycles. The number of rotatable bonds is 6. The normalized spacial score (nSPS) is 12.4. The number of aromatic nitrogens is 2. The maximum Gasteiger partial charge on any atom is 0.262 e. The van der Waals surface area contributed by atoms with Gasteiger partial charge in [-0.25, -0.2) is 4.98 Å². The monoisotopic (exact) mass is 408 g/mol. The predicted octanol–water partition coefficient (Wildman–Crippen LogP) is 4.36. The SMILES string of the molecule is Cn1c(SCC(O)Cc2ccccc2)nc2sc(-c3ccccc3)cc2c1=O. The highest BCUT2D eigenvalue weighted by atomic mass is 32.2. The van der Waals surface area contributed by atoms with Gasteiger partial charge in [0.25, 0.3) is 5.56 Å². The first-order valence-corrected chi connectivity index (χ1v) is 10.8. The number of hydrogen-bond acceptors (Lipinski definition) is 5. The van der Waals surface area contributed by atoms with Gasteiger partial charge in [0.1, 0.15) is 4.83 Å². The Bertz CT molecular complexity index is 1140. The van der Waals surface area contributed by atoms with E-state index in [0.717, 1.165) is 20.8 Å². The Kier molecular flexibility index (Phi) is 5.62. The Hall–Kier alpha value is -2.41.